The maximum atomic E-state index is 12.5. The Bertz CT molecular complexity index is 361. The van der Waals surface area contributed by atoms with Crippen LogP contribution in [0, 0.1) is 23.7 Å². The third-order valence-electron chi connectivity index (χ3n) is 5.49. The summed E-state index contributed by atoms with van der Waals surface area (Å²) in [5.74, 6) is 2.36. The molecule has 2 nitrogen and oxygen atoms in total. The van der Waals surface area contributed by atoms with Gasteiger partial charge >= 0.3 is 0 Å². The first kappa shape index (κ1) is 11.2. The fraction of sp³-hybridized carbons (Fsp3) is 0.923. The van der Waals surface area contributed by atoms with Crippen molar-refractivity contribution in [3.8, 4) is 0 Å². The number of rotatable bonds is 0. The Balaban J connectivity index is 1.77. The molecular formula is C13H18ClO2P. The second-order valence-corrected chi connectivity index (χ2v) is 8.53. The van der Waals surface area contributed by atoms with E-state index in [1.807, 2.05) is 0 Å². The number of halogens is 1. The zero-order chi connectivity index (χ0) is 11.6. The number of carbonyl (C=O) groups is 1. The summed E-state index contributed by atoms with van der Waals surface area (Å²) in [5.41, 5.74) is 0.513. The molecule has 94 valence electrons. The maximum Gasteiger partial charge on any atom is 0.139 e. The molecule has 0 aromatic carbocycles. The van der Waals surface area contributed by atoms with Crippen LogP contribution < -0.4 is 0 Å². The van der Waals surface area contributed by atoms with E-state index in [4.69, 9.17) is 15.8 Å². The molecule has 0 amide bonds. The predicted octanol–water partition coefficient (Wildman–Crippen LogP) is 3.72. The van der Waals surface area contributed by atoms with Crippen LogP contribution in [-0.2, 0) is 9.32 Å². The Morgan fingerprint density at radius 2 is 1.76 bits per heavy atom. The van der Waals surface area contributed by atoms with E-state index < -0.39 is 7.50 Å². The summed E-state index contributed by atoms with van der Waals surface area (Å²) in [7, 11) is -0.792. The molecule has 1 heterocycles. The molecule has 3 saturated carbocycles. The highest BCUT2D eigenvalue weighted by atomic mass is 35.7. The van der Waals surface area contributed by atoms with Crippen LogP contribution in [0.5, 0.6) is 0 Å². The topological polar surface area (TPSA) is 26.3 Å². The van der Waals surface area contributed by atoms with E-state index in [0.29, 0.717) is 41.2 Å². The van der Waals surface area contributed by atoms with Gasteiger partial charge in [-0.25, -0.2) is 0 Å². The SMILES string of the molecule is O=C1C2CCCC3OP(Cl)C4CCCC1C4C32. The van der Waals surface area contributed by atoms with Crippen molar-refractivity contribution in [3.05, 3.63) is 0 Å². The molecule has 7 atom stereocenters. The normalized spacial score (nSPS) is 56.8. The lowest BCUT2D eigenvalue weighted by Crippen LogP contribution is -2.44. The Hall–Kier alpha value is 0.350. The standard InChI is InChI=1S/C13H18ClO2P/c14-17-10-6-2-4-8-12(10)11-7(13(8)15)3-1-5-9(11)16-17/h7-12H,1-6H2. The van der Waals surface area contributed by atoms with E-state index in [1.165, 1.54) is 12.8 Å². The van der Waals surface area contributed by atoms with Crippen molar-refractivity contribution in [2.24, 2.45) is 23.7 Å². The van der Waals surface area contributed by atoms with Gasteiger partial charge in [0.05, 0.1) is 6.10 Å². The van der Waals surface area contributed by atoms with Gasteiger partial charge in [-0.2, -0.15) is 0 Å². The first-order valence-electron chi connectivity index (χ1n) is 6.93. The highest BCUT2D eigenvalue weighted by Crippen LogP contribution is 2.68. The van der Waals surface area contributed by atoms with E-state index in [0.717, 1.165) is 25.7 Å². The first-order valence-corrected chi connectivity index (χ1v) is 9.16. The molecule has 4 rings (SSSR count). The summed E-state index contributed by atoms with van der Waals surface area (Å²) in [6.45, 7) is 0. The Morgan fingerprint density at radius 3 is 2.59 bits per heavy atom. The van der Waals surface area contributed by atoms with Crippen molar-refractivity contribution in [1.82, 2.24) is 0 Å². The minimum absolute atomic E-state index is 0.311. The van der Waals surface area contributed by atoms with Gasteiger partial charge in [-0.15, -0.1) is 0 Å². The average Bonchev–Trinajstić information content (AvgIpc) is 2.64. The Labute approximate surface area is 108 Å². The van der Waals surface area contributed by atoms with Gasteiger partial charge in [0, 0.05) is 17.5 Å². The summed E-state index contributed by atoms with van der Waals surface area (Å²) >= 11 is 6.47. The second kappa shape index (κ2) is 3.92. The molecule has 1 saturated heterocycles. The molecule has 4 aliphatic rings. The fourth-order valence-corrected chi connectivity index (χ4v) is 7.64. The van der Waals surface area contributed by atoms with Gasteiger partial charge in [-0.3, -0.25) is 4.79 Å². The zero-order valence-electron chi connectivity index (χ0n) is 9.85. The number of hydrogen-bond acceptors (Lipinski definition) is 2. The van der Waals surface area contributed by atoms with E-state index in [-0.39, 0.29) is 0 Å². The molecule has 4 heteroatoms. The lowest BCUT2D eigenvalue weighted by molar-refractivity contribution is -0.125. The van der Waals surface area contributed by atoms with Gasteiger partial charge in [0.2, 0.25) is 0 Å². The maximum absolute atomic E-state index is 12.5. The molecule has 4 fully saturated rings. The summed E-state index contributed by atoms with van der Waals surface area (Å²) < 4.78 is 6.08. The molecule has 0 aromatic heterocycles. The largest absolute Gasteiger partial charge is 0.339 e. The number of carbonyl (C=O) groups excluding carboxylic acids is 1. The molecule has 0 aromatic rings. The number of hydrogen-bond donors (Lipinski definition) is 0. The number of ketones is 1. The minimum Gasteiger partial charge on any atom is -0.339 e. The van der Waals surface area contributed by atoms with Crippen LogP contribution in [0.4, 0.5) is 0 Å². The molecule has 0 N–H and O–H groups in total. The van der Waals surface area contributed by atoms with Crippen LogP contribution in [0.1, 0.15) is 38.5 Å². The van der Waals surface area contributed by atoms with Gasteiger partial charge in [0.25, 0.3) is 0 Å². The molecule has 7 unspecified atom stereocenters. The smallest absolute Gasteiger partial charge is 0.139 e. The molecule has 17 heavy (non-hydrogen) atoms. The van der Waals surface area contributed by atoms with Gasteiger partial charge in [-0.05, 0) is 37.5 Å². The van der Waals surface area contributed by atoms with Crippen molar-refractivity contribution < 1.29 is 9.32 Å². The second-order valence-electron chi connectivity index (χ2n) is 6.12. The van der Waals surface area contributed by atoms with Crippen LogP contribution in [0.15, 0.2) is 0 Å². The van der Waals surface area contributed by atoms with Crippen LogP contribution in [0.3, 0.4) is 0 Å². The van der Waals surface area contributed by atoms with E-state index in [2.05, 4.69) is 0 Å². The van der Waals surface area contributed by atoms with Crippen molar-refractivity contribution >= 4 is 24.5 Å². The molecule has 0 spiro atoms. The highest BCUT2D eigenvalue weighted by Gasteiger charge is 2.61. The van der Waals surface area contributed by atoms with E-state index in [9.17, 15) is 4.79 Å². The Kier molecular flexibility index (Phi) is 2.58. The zero-order valence-corrected chi connectivity index (χ0v) is 11.5. The van der Waals surface area contributed by atoms with Crippen LogP contribution in [-0.4, -0.2) is 17.5 Å². The summed E-state index contributed by atoms with van der Waals surface area (Å²) in [4.78, 5) is 12.5. The third kappa shape index (κ3) is 1.44. The quantitative estimate of drug-likeness (QED) is 0.628. The van der Waals surface area contributed by atoms with Gasteiger partial charge in [0.15, 0.2) is 0 Å². The van der Waals surface area contributed by atoms with Crippen LogP contribution >= 0.6 is 18.7 Å². The fourth-order valence-electron chi connectivity index (χ4n) is 4.93. The summed E-state index contributed by atoms with van der Waals surface area (Å²) in [6, 6.07) is 0. The van der Waals surface area contributed by atoms with E-state index in [1.54, 1.807) is 0 Å². The van der Waals surface area contributed by atoms with E-state index >= 15 is 0 Å². The van der Waals surface area contributed by atoms with Gasteiger partial charge < -0.3 is 4.52 Å². The summed E-state index contributed by atoms with van der Waals surface area (Å²) in [5, 5.41) is 0. The van der Waals surface area contributed by atoms with Crippen LogP contribution in [0.2, 0.25) is 0 Å². The van der Waals surface area contributed by atoms with Gasteiger partial charge in [-0.1, -0.05) is 24.1 Å². The van der Waals surface area contributed by atoms with Crippen molar-refractivity contribution in [2.75, 3.05) is 0 Å². The lowest BCUT2D eigenvalue weighted by atomic mass is 9.71. The minimum atomic E-state index is -0.792. The van der Waals surface area contributed by atoms with Crippen LogP contribution in [0.25, 0.3) is 0 Å². The monoisotopic (exact) mass is 272 g/mol. The molecule has 0 radical (unpaired) electrons. The predicted molar refractivity (Wildman–Crippen MR) is 68.1 cm³/mol. The average molecular weight is 273 g/mol. The van der Waals surface area contributed by atoms with Crippen molar-refractivity contribution in [1.29, 1.82) is 0 Å². The van der Waals surface area contributed by atoms with Crippen molar-refractivity contribution in [2.45, 2.75) is 50.3 Å². The molecule has 1 aliphatic heterocycles. The highest BCUT2D eigenvalue weighted by molar-refractivity contribution is 7.80. The number of Topliss-reactive ketones (excluding diaryl/α,β-unsaturated/α-hetero) is 1. The lowest BCUT2D eigenvalue weighted by Gasteiger charge is -2.48. The van der Waals surface area contributed by atoms with Crippen molar-refractivity contribution in [3.63, 3.8) is 0 Å². The Morgan fingerprint density at radius 1 is 1.06 bits per heavy atom. The molecular weight excluding hydrogens is 255 g/mol. The third-order valence-corrected chi connectivity index (χ3v) is 8.08. The first-order chi connectivity index (χ1) is 8.27. The summed E-state index contributed by atoms with van der Waals surface area (Å²) in [6.07, 6.45) is 7.21. The molecule has 3 aliphatic carbocycles. The molecule has 0 bridgehead atoms. The van der Waals surface area contributed by atoms with Gasteiger partial charge in [0.1, 0.15) is 13.3 Å².